The zero-order valence-electron chi connectivity index (χ0n) is 42.1. The van der Waals surface area contributed by atoms with Gasteiger partial charge in [0.05, 0.1) is 81.9 Å². The largest absolute Gasteiger partial charge is 0.383 e. The number of carbonyl (C=O) groups is 4. The lowest BCUT2D eigenvalue weighted by atomic mass is 9.92. The summed E-state index contributed by atoms with van der Waals surface area (Å²) in [5.41, 5.74) is 6.42. The average Bonchev–Trinajstić information content (AvgIpc) is 4.10. The van der Waals surface area contributed by atoms with Crippen LogP contribution in [0.3, 0.4) is 0 Å². The van der Waals surface area contributed by atoms with Crippen LogP contribution in [0.1, 0.15) is 84.0 Å². The Balaban J connectivity index is 0.723. The number of nitrogens with one attached hydrogen (secondary N) is 4. The topological polar surface area (TPSA) is 232 Å². The van der Waals surface area contributed by atoms with Gasteiger partial charge >= 0.3 is 0 Å². The van der Waals surface area contributed by atoms with Crippen molar-refractivity contribution in [2.75, 3.05) is 106 Å². The van der Waals surface area contributed by atoms with Crippen LogP contribution < -0.4 is 26.2 Å². The van der Waals surface area contributed by atoms with Crippen LogP contribution in [-0.2, 0) is 55.0 Å². The quantitative estimate of drug-likeness (QED) is 0.0405. The Morgan fingerprint density at radius 1 is 0.919 bits per heavy atom. The maximum atomic E-state index is 14.7. The highest BCUT2D eigenvalue weighted by Crippen LogP contribution is 2.44. The number of anilines is 5. The predicted molar refractivity (Wildman–Crippen MR) is 276 cm³/mol. The van der Waals surface area contributed by atoms with Gasteiger partial charge < -0.3 is 40.0 Å². The molecule has 8 rings (SSSR count). The standard InChI is InChI=1S/C50H63F2N13O8S/c1-31-49(60-70)74-50(56-31)58-48(69)38-8-7-36(25-42(38)57-32(2)66)53-12-18-71-20-22-73-23-21-72-19-13-54-45(68)30-62-15-9-37(10-16-62)65-43-11-17-63(33(3)67)29-41(43)47(59-65)64-14-5-6-34-24-39(35-27-55-61(4)28-35)40(46(51)52)26-44(34)64/h7-8,24-28,37,46,53H,5-6,9-23,29-30H2,1-4H3,(H,54,68)(H,57,66)(H,56,58,69). The smallest absolute Gasteiger partial charge is 0.264 e. The molecule has 5 aromatic rings. The summed E-state index contributed by atoms with van der Waals surface area (Å²) in [6.07, 6.45) is 4.46. The van der Waals surface area contributed by atoms with Gasteiger partial charge in [-0.05, 0) is 79.2 Å². The fraction of sp³-hybridized carbons (Fsp3) is 0.500. The van der Waals surface area contributed by atoms with E-state index >= 15 is 0 Å². The molecule has 4 amide bonds. The number of aryl methyl sites for hydroxylation is 3. The Hall–Kier alpha value is -6.73. The molecule has 1 saturated heterocycles. The van der Waals surface area contributed by atoms with Crippen molar-refractivity contribution in [1.29, 1.82) is 0 Å². The van der Waals surface area contributed by atoms with Crippen molar-refractivity contribution in [2.45, 2.75) is 71.9 Å². The summed E-state index contributed by atoms with van der Waals surface area (Å²) < 4.78 is 50.1. The second-order valence-electron chi connectivity index (χ2n) is 18.4. The number of rotatable bonds is 23. The number of fused-ring (bicyclic) bond motifs is 2. The predicted octanol–water partition coefficient (Wildman–Crippen LogP) is 6.50. The summed E-state index contributed by atoms with van der Waals surface area (Å²) >= 11 is 0.958. The first-order valence-electron chi connectivity index (χ1n) is 24.8. The number of amides is 4. The number of carbonyl (C=O) groups excluding carboxylic acids is 4. The van der Waals surface area contributed by atoms with Crippen molar-refractivity contribution in [3.8, 4) is 11.1 Å². The number of alkyl halides is 2. The van der Waals surface area contributed by atoms with Gasteiger partial charge in [0.2, 0.25) is 17.7 Å². The first kappa shape index (κ1) is 53.6. The van der Waals surface area contributed by atoms with Gasteiger partial charge in [0.1, 0.15) is 0 Å². The van der Waals surface area contributed by atoms with Crippen LogP contribution in [0.25, 0.3) is 11.1 Å². The molecule has 3 aromatic heterocycles. The van der Waals surface area contributed by atoms with E-state index in [2.05, 4.69) is 51.0 Å². The third-order valence-electron chi connectivity index (χ3n) is 13.2. The van der Waals surface area contributed by atoms with E-state index in [1.165, 1.54) is 6.92 Å². The summed E-state index contributed by atoms with van der Waals surface area (Å²) in [5, 5.41) is 24.3. The number of thiazole rings is 1. The van der Waals surface area contributed by atoms with E-state index in [4.69, 9.17) is 19.3 Å². The summed E-state index contributed by atoms with van der Waals surface area (Å²) in [6, 6.07) is 8.51. The van der Waals surface area contributed by atoms with Gasteiger partial charge in [0, 0.05) is 107 Å². The van der Waals surface area contributed by atoms with Crippen LogP contribution >= 0.6 is 11.3 Å². The lowest BCUT2D eigenvalue weighted by Gasteiger charge is -2.33. The maximum absolute atomic E-state index is 14.7. The SMILES string of the molecule is CC(=O)Nc1cc(NCCOCCOCCOCCNC(=O)CN2CCC(n3nc(N4CCCc5cc(-c6cnn(C)c6)c(C(F)F)cc54)c4c3CCN(C(C)=O)C4)CC2)ccc1C(=O)Nc1nc(C)c(N=O)s1. The number of halogens is 2. The number of hydrogen-bond acceptors (Lipinski definition) is 16. The van der Waals surface area contributed by atoms with E-state index in [9.17, 15) is 32.9 Å². The van der Waals surface area contributed by atoms with E-state index in [0.29, 0.717) is 120 Å². The molecule has 0 atom stereocenters. The summed E-state index contributed by atoms with van der Waals surface area (Å²) in [5.74, 6) is -0.231. The van der Waals surface area contributed by atoms with Crippen molar-refractivity contribution in [3.63, 3.8) is 0 Å². The molecule has 0 aliphatic carbocycles. The van der Waals surface area contributed by atoms with Gasteiger partial charge in [0.25, 0.3) is 12.3 Å². The van der Waals surface area contributed by atoms with Gasteiger partial charge in [-0.1, -0.05) is 11.3 Å². The number of ether oxygens (including phenoxy) is 3. The van der Waals surface area contributed by atoms with Crippen molar-refractivity contribution >= 4 is 68.0 Å². The van der Waals surface area contributed by atoms with E-state index in [0.717, 1.165) is 65.3 Å². The van der Waals surface area contributed by atoms with E-state index < -0.39 is 12.3 Å². The molecular weight excluding hydrogens is 981 g/mol. The third kappa shape index (κ3) is 13.3. The first-order chi connectivity index (χ1) is 35.8. The molecule has 4 N–H and O–H groups in total. The third-order valence-corrected chi connectivity index (χ3v) is 14.1. The van der Waals surface area contributed by atoms with Crippen LogP contribution in [0.2, 0.25) is 0 Å². The number of likely N-dealkylation sites (tertiary alicyclic amines) is 1. The molecule has 3 aliphatic heterocycles. The molecule has 0 spiro atoms. The van der Waals surface area contributed by atoms with Gasteiger partial charge in [0.15, 0.2) is 16.0 Å². The van der Waals surface area contributed by atoms with Crippen LogP contribution in [0, 0.1) is 11.8 Å². The fourth-order valence-electron chi connectivity index (χ4n) is 9.56. The number of hydrogen-bond donors (Lipinski definition) is 4. The molecule has 24 heteroatoms. The van der Waals surface area contributed by atoms with Crippen molar-refractivity contribution < 1.29 is 42.2 Å². The minimum absolute atomic E-state index is 0.0173. The van der Waals surface area contributed by atoms with Crippen molar-refractivity contribution in [2.24, 2.45) is 12.2 Å². The monoisotopic (exact) mass is 1040 g/mol. The number of piperidine rings is 1. The van der Waals surface area contributed by atoms with E-state index in [1.54, 1.807) is 62.2 Å². The summed E-state index contributed by atoms with van der Waals surface area (Å²) in [6.45, 7) is 10.8. The molecule has 396 valence electrons. The van der Waals surface area contributed by atoms with Crippen LogP contribution in [0.15, 0.2) is 47.9 Å². The average molecular weight is 1040 g/mol. The lowest BCUT2D eigenvalue weighted by Crippen LogP contribution is -2.43. The molecule has 3 aliphatic rings. The van der Waals surface area contributed by atoms with E-state index in [-0.39, 0.29) is 51.6 Å². The minimum Gasteiger partial charge on any atom is -0.383 e. The lowest BCUT2D eigenvalue weighted by molar-refractivity contribution is -0.129. The molecular formula is C50H63F2N13O8S. The molecule has 74 heavy (non-hydrogen) atoms. The highest BCUT2D eigenvalue weighted by atomic mass is 32.1. The molecule has 21 nitrogen and oxygen atoms in total. The Labute approximate surface area is 431 Å². The Morgan fingerprint density at radius 2 is 1.66 bits per heavy atom. The number of benzene rings is 2. The summed E-state index contributed by atoms with van der Waals surface area (Å²) in [4.78, 5) is 71.5. The summed E-state index contributed by atoms with van der Waals surface area (Å²) in [7, 11) is 1.77. The molecule has 0 radical (unpaired) electrons. The number of nitrogens with zero attached hydrogens (tertiary/aromatic N) is 9. The molecule has 0 unspecified atom stereocenters. The Kier molecular flexibility index (Phi) is 18.1. The van der Waals surface area contributed by atoms with E-state index in [1.807, 2.05) is 11.0 Å². The Morgan fingerprint density at radius 3 is 2.34 bits per heavy atom. The highest BCUT2D eigenvalue weighted by Gasteiger charge is 2.35. The van der Waals surface area contributed by atoms with Gasteiger partial charge in [-0.15, -0.1) is 4.91 Å². The highest BCUT2D eigenvalue weighted by molar-refractivity contribution is 7.19. The minimum atomic E-state index is -2.69. The fourth-order valence-corrected chi connectivity index (χ4v) is 10.3. The normalized spacial score (nSPS) is 15.0. The zero-order valence-corrected chi connectivity index (χ0v) is 42.9. The maximum Gasteiger partial charge on any atom is 0.264 e. The molecule has 6 heterocycles. The second-order valence-corrected chi connectivity index (χ2v) is 19.4. The van der Waals surface area contributed by atoms with Gasteiger partial charge in [-0.25, -0.2) is 13.8 Å². The second kappa shape index (κ2) is 25.0. The zero-order chi connectivity index (χ0) is 52.3. The van der Waals surface area contributed by atoms with Crippen molar-refractivity contribution in [1.82, 2.24) is 39.7 Å². The van der Waals surface area contributed by atoms with Crippen LogP contribution in [-0.4, -0.2) is 143 Å². The van der Waals surface area contributed by atoms with Crippen molar-refractivity contribution in [3.05, 3.63) is 81.3 Å². The molecule has 0 bridgehead atoms. The van der Waals surface area contributed by atoms with Crippen LogP contribution in [0.4, 0.5) is 41.8 Å². The molecule has 1 fully saturated rings. The number of aromatic nitrogens is 5. The molecule has 2 aromatic carbocycles. The Bertz CT molecular complexity index is 2810. The number of nitroso groups, excluding NO2 is 1. The first-order valence-corrected chi connectivity index (χ1v) is 25.6. The molecule has 0 saturated carbocycles. The van der Waals surface area contributed by atoms with Crippen LogP contribution in [0.5, 0.6) is 0 Å². The van der Waals surface area contributed by atoms with Gasteiger partial charge in [-0.3, -0.25) is 38.8 Å². The van der Waals surface area contributed by atoms with Gasteiger partial charge in [-0.2, -0.15) is 10.2 Å².